The van der Waals surface area contributed by atoms with Gasteiger partial charge in [0.25, 0.3) is 0 Å². The van der Waals surface area contributed by atoms with Gasteiger partial charge in [-0.25, -0.2) is 0 Å². The van der Waals surface area contributed by atoms with E-state index in [1.54, 1.807) is 6.07 Å². The van der Waals surface area contributed by atoms with E-state index in [9.17, 15) is 18.0 Å². The number of nitrogens with one attached hydrogen (secondary N) is 2. The van der Waals surface area contributed by atoms with Crippen LogP contribution in [-0.4, -0.2) is 27.6 Å². The van der Waals surface area contributed by atoms with Crippen LogP contribution in [-0.2, 0) is 21.1 Å². The van der Waals surface area contributed by atoms with Crippen LogP contribution in [0.25, 0.3) is 28.1 Å². The summed E-state index contributed by atoms with van der Waals surface area (Å²) in [7, 11) is 0. The number of aromatic amines is 2. The highest BCUT2D eigenvalue weighted by Gasteiger charge is 2.42. The van der Waals surface area contributed by atoms with Gasteiger partial charge in [-0.2, -0.15) is 18.3 Å². The molecule has 0 bridgehead atoms. The third-order valence-corrected chi connectivity index (χ3v) is 10.0. The highest BCUT2D eigenvalue weighted by Crippen LogP contribution is 2.50. The number of hydrogen-bond acceptors (Lipinski definition) is 3. The van der Waals surface area contributed by atoms with Gasteiger partial charge in [-0.05, 0) is 59.7 Å². The molecule has 3 aromatic carbocycles. The molecule has 5 aromatic rings. The minimum atomic E-state index is -4.43. The number of fused-ring (bicyclic) bond motifs is 2. The first-order valence-corrected chi connectivity index (χ1v) is 15.5. The fraction of sp³-hybridized carbons (Fsp3) is 0.297. The lowest BCUT2D eigenvalue weighted by atomic mass is 9.73. The molecule has 1 saturated heterocycles. The largest absolute Gasteiger partial charge is 0.416 e. The molecule has 3 aliphatic rings. The number of rotatable bonds is 5. The minimum absolute atomic E-state index is 0.0109. The number of nitrogens with zero attached hydrogens (tertiary/aromatic N) is 1. The molecule has 8 heteroatoms. The number of ether oxygens (including phenoxy) is 1. The van der Waals surface area contributed by atoms with E-state index in [1.165, 1.54) is 28.8 Å². The molecular weight excluding hydrogens is 575 g/mol. The molecule has 1 saturated carbocycles. The Morgan fingerprint density at radius 2 is 1.78 bits per heavy atom. The lowest BCUT2D eigenvalue weighted by Crippen LogP contribution is -2.33. The topological polar surface area (TPSA) is 70.8 Å². The van der Waals surface area contributed by atoms with Crippen LogP contribution in [0, 0.1) is 5.92 Å². The number of carbonyl (C=O) groups is 1. The van der Waals surface area contributed by atoms with E-state index in [-0.39, 0.29) is 17.9 Å². The molecule has 2 N–H and O–H groups in total. The van der Waals surface area contributed by atoms with Crippen LogP contribution in [0.4, 0.5) is 13.2 Å². The third-order valence-electron chi connectivity index (χ3n) is 10.0. The summed E-state index contributed by atoms with van der Waals surface area (Å²) in [4.78, 5) is 15.5. The second-order valence-electron chi connectivity index (χ2n) is 13.0. The van der Waals surface area contributed by atoms with Gasteiger partial charge in [0.1, 0.15) is 11.9 Å². The van der Waals surface area contributed by atoms with Crippen LogP contribution >= 0.6 is 0 Å². The maximum absolute atomic E-state index is 13.7. The summed E-state index contributed by atoms with van der Waals surface area (Å²) in [5.41, 5.74) is 7.49. The predicted molar refractivity (Wildman–Crippen MR) is 167 cm³/mol. The minimum Gasteiger partial charge on any atom is -0.372 e. The van der Waals surface area contributed by atoms with E-state index in [2.05, 4.69) is 41.3 Å². The molecular formula is C37H32F3N3O2. The summed E-state index contributed by atoms with van der Waals surface area (Å²) in [6, 6.07) is 23.8. The number of carbonyl (C=O) groups excluding carboxylic acids is 1. The van der Waals surface area contributed by atoms with E-state index >= 15 is 0 Å². The van der Waals surface area contributed by atoms with Crippen molar-refractivity contribution in [2.75, 3.05) is 6.61 Å². The molecule has 3 heterocycles. The Morgan fingerprint density at radius 3 is 2.60 bits per heavy atom. The zero-order chi connectivity index (χ0) is 30.9. The van der Waals surface area contributed by atoms with Crippen LogP contribution in [0.3, 0.4) is 0 Å². The van der Waals surface area contributed by atoms with Crippen molar-refractivity contribution in [3.8, 4) is 11.1 Å². The highest BCUT2D eigenvalue weighted by atomic mass is 19.4. The third kappa shape index (κ3) is 4.74. The Bertz CT molecular complexity index is 1980. The van der Waals surface area contributed by atoms with Gasteiger partial charge in [-0.1, -0.05) is 73.2 Å². The summed E-state index contributed by atoms with van der Waals surface area (Å²) >= 11 is 0. The monoisotopic (exact) mass is 607 g/mol. The molecule has 45 heavy (non-hydrogen) atoms. The average Bonchev–Trinajstić information content (AvgIpc) is 3.75. The first-order chi connectivity index (χ1) is 21.7. The van der Waals surface area contributed by atoms with Gasteiger partial charge in [0.15, 0.2) is 0 Å². The van der Waals surface area contributed by atoms with Gasteiger partial charge in [-0.15, -0.1) is 0 Å². The second kappa shape index (κ2) is 10.3. The number of aromatic nitrogens is 3. The number of allylic oxidation sites excluding steroid dienone is 1. The van der Waals surface area contributed by atoms with Gasteiger partial charge in [0, 0.05) is 58.6 Å². The number of para-hydroxylation sites is 1. The maximum atomic E-state index is 13.7. The average molecular weight is 608 g/mol. The number of hydrogen-bond donors (Lipinski definition) is 2. The smallest absolute Gasteiger partial charge is 0.372 e. The SMILES string of the molecule is CC1(c2[nH]c3ccccc3c2-c2cccc(C(F)(F)F)c2)CCOC(c2cc(C3C(C4CC(=O)C4)=Cc4ccccc43)[nH]n2)C1. The van der Waals surface area contributed by atoms with E-state index in [1.807, 2.05) is 36.4 Å². The van der Waals surface area contributed by atoms with Crippen molar-refractivity contribution in [3.63, 3.8) is 0 Å². The van der Waals surface area contributed by atoms with Crippen molar-refractivity contribution < 1.29 is 22.7 Å². The van der Waals surface area contributed by atoms with Crippen molar-refractivity contribution in [2.45, 2.75) is 56.2 Å². The predicted octanol–water partition coefficient (Wildman–Crippen LogP) is 8.89. The van der Waals surface area contributed by atoms with Crippen LogP contribution in [0.1, 0.15) is 78.4 Å². The van der Waals surface area contributed by atoms with E-state index in [0.29, 0.717) is 43.6 Å². The number of ketones is 1. The first-order valence-electron chi connectivity index (χ1n) is 15.5. The van der Waals surface area contributed by atoms with E-state index in [4.69, 9.17) is 9.84 Å². The van der Waals surface area contributed by atoms with E-state index in [0.717, 1.165) is 39.6 Å². The number of benzene rings is 3. The van der Waals surface area contributed by atoms with Crippen LogP contribution in [0.15, 0.2) is 84.4 Å². The van der Waals surface area contributed by atoms with Crippen molar-refractivity contribution in [3.05, 3.63) is 118 Å². The molecule has 0 amide bonds. The Kier molecular flexibility index (Phi) is 6.43. The number of Topliss-reactive ketones (excluding diaryl/α,β-unsaturated/α-hetero) is 1. The Hall–Kier alpha value is -4.43. The highest BCUT2D eigenvalue weighted by molar-refractivity contribution is 5.98. The van der Waals surface area contributed by atoms with Crippen molar-refractivity contribution in [1.29, 1.82) is 0 Å². The molecule has 2 aromatic heterocycles. The van der Waals surface area contributed by atoms with Crippen LogP contribution in [0.5, 0.6) is 0 Å². The summed E-state index contributed by atoms with van der Waals surface area (Å²) < 4.78 is 47.6. The maximum Gasteiger partial charge on any atom is 0.416 e. The van der Waals surface area contributed by atoms with Gasteiger partial charge < -0.3 is 9.72 Å². The molecule has 1 aliphatic heterocycles. The molecule has 3 atom stereocenters. The van der Waals surface area contributed by atoms with Gasteiger partial charge in [0.2, 0.25) is 0 Å². The number of alkyl halides is 3. The first kappa shape index (κ1) is 28.1. The van der Waals surface area contributed by atoms with Crippen molar-refractivity contribution in [2.24, 2.45) is 5.92 Å². The van der Waals surface area contributed by atoms with Gasteiger partial charge >= 0.3 is 6.18 Å². The molecule has 2 aliphatic carbocycles. The Labute approximate surface area is 258 Å². The lowest BCUT2D eigenvalue weighted by molar-refractivity contribution is -0.137. The lowest BCUT2D eigenvalue weighted by Gasteiger charge is -2.38. The molecule has 5 nitrogen and oxygen atoms in total. The fourth-order valence-electron chi connectivity index (χ4n) is 7.60. The van der Waals surface area contributed by atoms with Gasteiger partial charge in [0.05, 0.1) is 11.3 Å². The zero-order valence-electron chi connectivity index (χ0n) is 24.7. The summed E-state index contributed by atoms with van der Waals surface area (Å²) in [5, 5.41) is 8.95. The summed E-state index contributed by atoms with van der Waals surface area (Å²) in [5.74, 6) is 0.557. The fourth-order valence-corrected chi connectivity index (χ4v) is 7.60. The molecule has 8 rings (SSSR count). The molecule has 3 unspecified atom stereocenters. The second-order valence-corrected chi connectivity index (χ2v) is 13.0. The number of halogens is 3. The summed E-state index contributed by atoms with van der Waals surface area (Å²) in [6.07, 6.45) is -0.0210. The summed E-state index contributed by atoms with van der Waals surface area (Å²) in [6.45, 7) is 2.65. The van der Waals surface area contributed by atoms with Crippen LogP contribution < -0.4 is 0 Å². The normalized spacial score (nSPS) is 23.6. The van der Waals surface area contributed by atoms with Crippen LogP contribution in [0.2, 0.25) is 0 Å². The molecule has 228 valence electrons. The Morgan fingerprint density at radius 1 is 0.978 bits per heavy atom. The van der Waals surface area contributed by atoms with Gasteiger partial charge in [-0.3, -0.25) is 9.89 Å². The number of H-pyrrole nitrogens is 2. The Balaban J connectivity index is 1.14. The molecule has 0 spiro atoms. The van der Waals surface area contributed by atoms with E-state index < -0.39 is 17.2 Å². The quantitative estimate of drug-likeness (QED) is 0.210. The zero-order valence-corrected chi connectivity index (χ0v) is 24.7. The standard InChI is InChI=1S/C37H32F3N3O2/c1-36(35-33(27-11-4-5-12-29(27)41-35)22-8-6-9-24(15-22)37(38,39)40)13-14-45-32(20-36)30-19-31(43-42-30)34-26-10-3-2-7-21(26)18-28(34)23-16-25(44)17-23/h2-12,15,18-19,23,32,34,41H,13-14,16-17,20H2,1H3,(H,42,43). The molecule has 0 radical (unpaired) electrons. The van der Waals surface area contributed by atoms with Crippen molar-refractivity contribution >= 4 is 22.8 Å². The van der Waals surface area contributed by atoms with Crippen molar-refractivity contribution in [1.82, 2.24) is 15.2 Å². The molecule has 2 fully saturated rings.